The predicted octanol–water partition coefficient (Wildman–Crippen LogP) is 14.0. The third kappa shape index (κ3) is 5.07. The Morgan fingerprint density at radius 1 is 0.375 bits per heavy atom. The van der Waals surface area contributed by atoms with Crippen molar-refractivity contribution in [3.05, 3.63) is 187 Å². The molecule has 56 heavy (non-hydrogen) atoms. The van der Waals surface area contributed by atoms with Crippen LogP contribution in [0.3, 0.4) is 0 Å². The van der Waals surface area contributed by atoms with Crippen molar-refractivity contribution in [1.29, 1.82) is 0 Å². The van der Waals surface area contributed by atoms with Crippen LogP contribution in [-0.4, -0.2) is 15.0 Å². The maximum Gasteiger partial charge on any atom is 0.164 e. The molecule has 0 saturated carbocycles. The Balaban J connectivity index is 1.15. The van der Waals surface area contributed by atoms with Gasteiger partial charge in [0.05, 0.1) is 0 Å². The van der Waals surface area contributed by atoms with Gasteiger partial charge in [-0.25, -0.2) is 15.0 Å². The fourth-order valence-corrected chi connectivity index (χ4v) is 10.4. The molecule has 10 aromatic rings. The molecule has 2 heterocycles. The van der Waals surface area contributed by atoms with Crippen LogP contribution in [0.2, 0.25) is 0 Å². The number of fused-ring (bicyclic) bond motifs is 9. The minimum Gasteiger partial charge on any atom is -0.208 e. The van der Waals surface area contributed by atoms with E-state index in [2.05, 4.69) is 153 Å². The quantitative estimate of drug-likeness (QED) is 0.165. The molecular weight excluding hydrogens is 699 g/mol. The van der Waals surface area contributed by atoms with E-state index in [0.717, 1.165) is 22.3 Å². The Bertz CT molecular complexity index is 3070. The molecule has 11 rings (SSSR count). The van der Waals surface area contributed by atoms with E-state index in [4.69, 9.17) is 15.0 Å². The standard InChI is InChI=1S/C52H35N3S/c1-52(2)44-27-14-13-26-42(44)48-46(52)45(47(56-48)35-28-29-41-39-24-10-9-22-37(39)38-23-11-12-25-40(38)43(41)31-35)34-20-15-21-36(30-34)51-54-49(32-16-5-3-6-17-32)53-50(55-51)33-18-7-4-8-19-33/h3-31H,1-2H3. The van der Waals surface area contributed by atoms with Crippen molar-refractivity contribution in [1.82, 2.24) is 15.0 Å². The molecule has 1 aliphatic carbocycles. The second kappa shape index (κ2) is 12.7. The molecule has 0 bridgehead atoms. The van der Waals surface area contributed by atoms with E-state index in [0.29, 0.717) is 17.5 Å². The highest BCUT2D eigenvalue weighted by Crippen LogP contribution is 2.59. The molecule has 0 spiro atoms. The highest BCUT2D eigenvalue weighted by Gasteiger charge is 2.41. The zero-order valence-electron chi connectivity index (χ0n) is 31.0. The van der Waals surface area contributed by atoms with Gasteiger partial charge in [0, 0.05) is 37.4 Å². The predicted molar refractivity (Wildman–Crippen MR) is 235 cm³/mol. The molecular formula is C52H35N3S. The van der Waals surface area contributed by atoms with Crippen LogP contribution in [-0.2, 0) is 5.41 Å². The molecule has 0 atom stereocenters. The average molecular weight is 734 g/mol. The van der Waals surface area contributed by atoms with Gasteiger partial charge < -0.3 is 0 Å². The number of thiophene rings is 1. The molecule has 1 aliphatic rings. The first-order chi connectivity index (χ1) is 27.5. The fraction of sp³-hybridized carbons (Fsp3) is 0.0577. The van der Waals surface area contributed by atoms with E-state index in [-0.39, 0.29) is 5.41 Å². The summed E-state index contributed by atoms with van der Waals surface area (Å²) < 4.78 is 0. The number of hydrogen-bond donors (Lipinski definition) is 0. The van der Waals surface area contributed by atoms with Crippen LogP contribution < -0.4 is 0 Å². The lowest BCUT2D eigenvalue weighted by atomic mass is 9.79. The highest BCUT2D eigenvalue weighted by molar-refractivity contribution is 7.20. The number of aromatic nitrogens is 3. The minimum atomic E-state index is -0.195. The molecule has 8 aromatic carbocycles. The summed E-state index contributed by atoms with van der Waals surface area (Å²) in [6.07, 6.45) is 0. The van der Waals surface area contributed by atoms with E-state index < -0.39 is 0 Å². The van der Waals surface area contributed by atoms with Gasteiger partial charge in [0.15, 0.2) is 17.5 Å². The van der Waals surface area contributed by atoms with Gasteiger partial charge >= 0.3 is 0 Å². The number of hydrogen-bond acceptors (Lipinski definition) is 4. The van der Waals surface area contributed by atoms with E-state index in [1.807, 2.05) is 47.7 Å². The molecule has 264 valence electrons. The lowest BCUT2D eigenvalue weighted by Gasteiger charge is -2.24. The largest absolute Gasteiger partial charge is 0.208 e. The van der Waals surface area contributed by atoms with Gasteiger partial charge in [-0.3, -0.25) is 0 Å². The Morgan fingerprint density at radius 3 is 1.48 bits per heavy atom. The van der Waals surface area contributed by atoms with Crippen LogP contribution in [0.15, 0.2) is 176 Å². The monoisotopic (exact) mass is 733 g/mol. The highest BCUT2D eigenvalue weighted by atomic mass is 32.1. The van der Waals surface area contributed by atoms with Crippen molar-refractivity contribution < 1.29 is 0 Å². The van der Waals surface area contributed by atoms with Crippen LogP contribution in [0.25, 0.3) is 98.5 Å². The van der Waals surface area contributed by atoms with Crippen molar-refractivity contribution >= 4 is 43.7 Å². The van der Waals surface area contributed by atoms with Gasteiger partial charge in [-0.2, -0.15) is 0 Å². The van der Waals surface area contributed by atoms with Crippen LogP contribution >= 0.6 is 11.3 Å². The zero-order chi connectivity index (χ0) is 37.4. The van der Waals surface area contributed by atoms with Crippen LogP contribution in [0.1, 0.15) is 25.0 Å². The molecule has 4 heteroatoms. The second-order valence-electron chi connectivity index (χ2n) is 15.2. The lowest BCUT2D eigenvalue weighted by Crippen LogP contribution is -2.15. The first-order valence-corrected chi connectivity index (χ1v) is 19.9. The fourth-order valence-electron chi connectivity index (χ4n) is 8.86. The topological polar surface area (TPSA) is 38.7 Å². The summed E-state index contributed by atoms with van der Waals surface area (Å²) in [5.74, 6) is 1.97. The molecule has 0 amide bonds. The molecule has 0 aliphatic heterocycles. The third-order valence-corrected chi connectivity index (χ3v) is 12.8. The molecule has 0 radical (unpaired) electrons. The molecule has 0 unspecified atom stereocenters. The van der Waals surface area contributed by atoms with Gasteiger partial charge in [0.1, 0.15) is 0 Å². The lowest BCUT2D eigenvalue weighted by molar-refractivity contribution is 0.663. The Hall–Kier alpha value is -6.75. The van der Waals surface area contributed by atoms with Crippen LogP contribution in [0.5, 0.6) is 0 Å². The van der Waals surface area contributed by atoms with E-state index in [1.165, 1.54) is 69.9 Å². The van der Waals surface area contributed by atoms with Gasteiger partial charge in [-0.1, -0.05) is 178 Å². The van der Waals surface area contributed by atoms with E-state index in [9.17, 15) is 0 Å². The summed E-state index contributed by atoms with van der Waals surface area (Å²) in [5.41, 5.74) is 10.4. The summed E-state index contributed by atoms with van der Waals surface area (Å²) >= 11 is 1.92. The molecule has 3 nitrogen and oxygen atoms in total. The average Bonchev–Trinajstić information content (AvgIpc) is 3.78. The number of benzene rings is 8. The smallest absolute Gasteiger partial charge is 0.164 e. The first-order valence-electron chi connectivity index (χ1n) is 19.1. The van der Waals surface area contributed by atoms with Crippen LogP contribution in [0.4, 0.5) is 0 Å². The number of rotatable bonds is 5. The van der Waals surface area contributed by atoms with Crippen molar-refractivity contribution in [2.45, 2.75) is 19.3 Å². The third-order valence-electron chi connectivity index (χ3n) is 11.5. The SMILES string of the molecule is CC1(C)c2ccccc2-c2sc(-c3ccc4c5ccccc5c5ccccc5c4c3)c(-c3cccc(-c4nc(-c5ccccc5)nc(-c5ccccc5)n4)c3)c21. The Morgan fingerprint density at radius 2 is 0.857 bits per heavy atom. The van der Waals surface area contributed by atoms with Crippen molar-refractivity contribution in [3.63, 3.8) is 0 Å². The summed E-state index contributed by atoms with van der Waals surface area (Å²) in [6.45, 7) is 4.76. The van der Waals surface area contributed by atoms with Crippen molar-refractivity contribution in [3.8, 4) is 66.2 Å². The molecule has 0 saturated heterocycles. The molecule has 0 N–H and O–H groups in total. The van der Waals surface area contributed by atoms with Gasteiger partial charge in [0.25, 0.3) is 0 Å². The molecule has 0 fully saturated rings. The minimum absolute atomic E-state index is 0.195. The van der Waals surface area contributed by atoms with E-state index >= 15 is 0 Å². The first kappa shape index (κ1) is 32.7. The van der Waals surface area contributed by atoms with Crippen molar-refractivity contribution in [2.24, 2.45) is 0 Å². The zero-order valence-corrected chi connectivity index (χ0v) is 31.8. The summed E-state index contributed by atoms with van der Waals surface area (Å²) in [7, 11) is 0. The normalized spacial score (nSPS) is 13.0. The molecule has 2 aromatic heterocycles. The summed E-state index contributed by atoms with van der Waals surface area (Å²) in [5, 5.41) is 7.69. The summed E-state index contributed by atoms with van der Waals surface area (Å²) in [4.78, 5) is 17.8. The van der Waals surface area contributed by atoms with Crippen molar-refractivity contribution in [2.75, 3.05) is 0 Å². The van der Waals surface area contributed by atoms with Gasteiger partial charge in [-0.15, -0.1) is 11.3 Å². The van der Waals surface area contributed by atoms with Crippen LogP contribution in [0, 0.1) is 0 Å². The summed E-state index contributed by atoms with van der Waals surface area (Å²) in [6, 6.07) is 62.9. The maximum atomic E-state index is 5.10. The van der Waals surface area contributed by atoms with Gasteiger partial charge in [-0.05, 0) is 72.3 Å². The van der Waals surface area contributed by atoms with Gasteiger partial charge in [0.2, 0.25) is 0 Å². The second-order valence-corrected chi connectivity index (χ2v) is 16.2. The van der Waals surface area contributed by atoms with E-state index in [1.54, 1.807) is 0 Å². The Kier molecular flexibility index (Phi) is 7.38. The maximum absolute atomic E-state index is 5.10. The number of nitrogens with zero attached hydrogens (tertiary/aromatic N) is 3. The Labute approximate surface area is 329 Å².